The van der Waals surface area contributed by atoms with Gasteiger partial charge in [0.1, 0.15) is 10.8 Å². The van der Waals surface area contributed by atoms with E-state index in [-0.39, 0.29) is 21.7 Å². The fourth-order valence-electron chi connectivity index (χ4n) is 10.6. The van der Waals surface area contributed by atoms with Gasteiger partial charge in [-0.1, -0.05) is 160 Å². The molecule has 0 fully saturated rings. The number of allylic oxidation sites excluding steroid dienone is 1. The molecule has 0 atom stereocenters. The summed E-state index contributed by atoms with van der Waals surface area (Å²) in [6, 6.07) is 58.9. The lowest BCUT2D eigenvalue weighted by Crippen LogP contribution is -2.19. The Labute approximate surface area is 459 Å². The number of nitriles is 1. The van der Waals surface area contributed by atoms with Crippen LogP contribution in [0, 0.1) is 11.3 Å². The Hall–Kier alpha value is -6.47. The summed E-state index contributed by atoms with van der Waals surface area (Å²) in [5.41, 5.74) is 15.2. The Morgan fingerprint density at radius 2 is 1.09 bits per heavy atom. The molecular formula is C67H65N3OS4. The highest BCUT2D eigenvalue weighted by Crippen LogP contribution is 2.55. The number of rotatable bonds is 11. The van der Waals surface area contributed by atoms with Gasteiger partial charge >= 0.3 is 0 Å². The largest absolute Gasteiger partial charge is 0.492 e. The monoisotopic (exact) mass is 1060 g/mol. The number of ether oxygens (including phenoxy) is 1. The normalized spacial score (nSPS) is 13.5. The van der Waals surface area contributed by atoms with Crippen LogP contribution in [0.25, 0.3) is 51.7 Å². The lowest BCUT2D eigenvalue weighted by Gasteiger charge is -2.29. The molecule has 5 aromatic carbocycles. The van der Waals surface area contributed by atoms with E-state index in [2.05, 4.69) is 236 Å². The predicted octanol–water partition coefficient (Wildman–Crippen LogP) is 20.3. The summed E-state index contributed by atoms with van der Waals surface area (Å²) in [6.45, 7) is 25.7. The second-order valence-electron chi connectivity index (χ2n) is 23.3. The highest BCUT2D eigenvalue weighted by Gasteiger charge is 2.31. The average molecular weight is 1060 g/mol. The van der Waals surface area contributed by atoms with Crippen molar-refractivity contribution in [3.05, 3.63) is 201 Å². The van der Waals surface area contributed by atoms with Crippen molar-refractivity contribution in [2.24, 2.45) is 0 Å². The minimum absolute atomic E-state index is 0.0369. The molecule has 11 rings (SSSR count). The van der Waals surface area contributed by atoms with Crippen LogP contribution in [-0.4, -0.2) is 11.2 Å². The molecule has 10 aromatic rings. The predicted molar refractivity (Wildman–Crippen MR) is 325 cm³/mol. The van der Waals surface area contributed by atoms with Crippen LogP contribution in [0.5, 0.6) is 5.75 Å². The van der Waals surface area contributed by atoms with E-state index in [0.29, 0.717) is 12.2 Å². The van der Waals surface area contributed by atoms with Crippen molar-refractivity contribution in [3.63, 3.8) is 0 Å². The van der Waals surface area contributed by atoms with Crippen LogP contribution >= 0.6 is 45.3 Å². The molecule has 0 amide bonds. The number of fused-ring (bicyclic) bond motifs is 4. The third kappa shape index (κ3) is 9.41. The van der Waals surface area contributed by atoms with E-state index in [1.54, 1.807) is 11.3 Å². The number of benzene rings is 5. The molecule has 378 valence electrons. The molecule has 0 unspecified atom stereocenters. The summed E-state index contributed by atoms with van der Waals surface area (Å²) in [5, 5.41) is 10.9. The topological polar surface area (TPSA) is 41.2 Å². The Bertz CT molecular complexity index is 3670. The van der Waals surface area contributed by atoms with Crippen molar-refractivity contribution in [3.8, 4) is 37.0 Å². The zero-order valence-electron chi connectivity index (χ0n) is 45.0. The highest BCUT2D eigenvalue weighted by molar-refractivity contribution is 7.32. The van der Waals surface area contributed by atoms with Crippen LogP contribution in [-0.2, 0) is 28.1 Å². The van der Waals surface area contributed by atoms with Crippen LogP contribution in [0.3, 0.4) is 0 Å². The minimum Gasteiger partial charge on any atom is -0.492 e. The summed E-state index contributed by atoms with van der Waals surface area (Å²) in [4.78, 5) is 8.50. The van der Waals surface area contributed by atoms with Gasteiger partial charge in [0.05, 0.1) is 47.7 Å². The summed E-state index contributed by atoms with van der Waals surface area (Å²) in [5.74, 6) is 1.04. The lowest BCUT2D eigenvalue weighted by molar-refractivity contribution is 0.291. The van der Waals surface area contributed by atoms with Gasteiger partial charge in [-0.25, -0.2) is 0 Å². The summed E-state index contributed by atoms with van der Waals surface area (Å²) in [7, 11) is 0. The van der Waals surface area contributed by atoms with Gasteiger partial charge in [-0.05, 0) is 131 Å². The van der Waals surface area contributed by atoms with Crippen LogP contribution in [0.15, 0.2) is 157 Å². The smallest absolute Gasteiger partial charge is 0.142 e. The molecule has 75 heavy (non-hydrogen) atoms. The van der Waals surface area contributed by atoms with E-state index in [1.165, 1.54) is 84.6 Å². The van der Waals surface area contributed by atoms with E-state index >= 15 is 0 Å². The van der Waals surface area contributed by atoms with Gasteiger partial charge in [-0.2, -0.15) is 5.26 Å². The van der Waals surface area contributed by atoms with Crippen LogP contribution in [0.2, 0.25) is 0 Å². The molecule has 1 aliphatic heterocycles. The molecule has 0 N–H and O–H groups in total. The van der Waals surface area contributed by atoms with Crippen molar-refractivity contribution >= 4 is 88.2 Å². The lowest BCUT2D eigenvalue weighted by atomic mass is 9.78. The first-order valence-electron chi connectivity index (χ1n) is 26.1. The number of hydrogen-bond acceptors (Lipinski definition) is 7. The Morgan fingerprint density at radius 1 is 0.560 bits per heavy atom. The van der Waals surface area contributed by atoms with E-state index < -0.39 is 0 Å². The first kappa shape index (κ1) is 50.7. The Kier molecular flexibility index (Phi) is 13.0. The van der Waals surface area contributed by atoms with Gasteiger partial charge in [0.25, 0.3) is 0 Å². The number of thiophene rings is 4. The van der Waals surface area contributed by atoms with E-state index in [4.69, 9.17) is 4.74 Å². The number of aromatic nitrogens is 1. The first-order chi connectivity index (χ1) is 35.8. The van der Waals surface area contributed by atoms with Crippen molar-refractivity contribution in [2.75, 3.05) is 11.5 Å². The summed E-state index contributed by atoms with van der Waals surface area (Å²) in [6.07, 6.45) is 3.99. The van der Waals surface area contributed by atoms with Gasteiger partial charge in [0.15, 0.2) is 0 Å². The van der Waals surface area contributed by atoms with E-state index in [0.717, 1.165) is 39.8 Å². The fourth-order valence-corrected chi connectivity index (χ4v) is 15.6. The molecular weight excluding hydrogens is 991 g/mol. The molecule has 0 spiro atoms. The van der Waals surface area contributed by atoms with Crippen molar-refractivity contribution < 1.29 is 4.74 Å². The maximum absolute atomic E-state index is 9.79. The van der Waals surface area contributed by atoms with Gasteiger partial charge in [0, 0.05) is 48.8 Å². The maximum atomic E-state index is 9.79. The average Bonchev–Trinajstić information content (AvgIpc) is 4.27. The number of hydrogen-bond donors (Lipinski definition) is 0. The first-order valence-corrected chi connectivity index (χ1v) is 29.4. The minimum atomic E-state index is -0.152. The van der Waals surface area contributed by atoms with Crippen LogP contribution in [0.4, 0.5) is 16.4 Å². The molecule has 0 saturated heterocycles. The zero-order valence-corrected chi connectivity index (χ0v) is 48.3. The van der Waals surface area contributed by atoms with E-state index in [9.17, 15) is 5.26 Å². The molecule has 1 aliphatic rings. The second-order valence-corrected chi connectivity index (χ2v) is 27.5. The van der Waals surface area contributed by atoms with E-state index in [1.807, 2.05) is 47.0 Å². The molecule has 0 saturated carbocycles. The standard InChI is InChI=1S/C67H65N3OS4/c1-42(41-68)35-52-39-54-61(72-52)62-55(70(54)51-37-47(64(2,3)4)36-48(38-51)65(5,6)7)40-57(74-62)63-59-53(23-18-34-71-59)60(75-63)56-32-33-58(73-56)69(49-28-24-45(25-29-49)66(8,9)43-19-14-12-15-20-43)50-30-26-46(27-31-50)67(10,11)44-21-16-13-17-22-44/h12-17,19-22,24-33,35-40H,18,23,34H2,1-11H3/b42-35-. The highest BCUT2D eigenvalue weighted by atomic mass is 32.1. The van der Waals surface area contributed by atoms with Crippen LogP contribution < -0.4 is 9.64 Å². The number of nitrogens with zero attached hydrogens (tertiary/aromatic N) is 3. The summed E-state index contributed by atoms with van der Waals surface area (Å²) < 4.78 is 11.8. The molecule has 0 bridgehead atoms. The zero-order chi connectivity index (χ0) is 52.6. The Morgan fingerprint density at radius 3 is 1.64 bits per heavy atom. The van der Waals surface area contributed by atoms with Crippen molar-refractivity contribution in [1.29, 1.82) is 5.26 Å². The van der Waals surface area contributed by atoms with Gasteiger partial charge in [0.2, 0.25) is 0 Å². The van der Waals surface area contributed by atoms with Crippen molar-refractivity contribution in [1.82, 2.24) is 4.57 Å². The van der Waals surface area contributed by atoms with Gasteiger partial charge < -0.3 is 14.2 Å². The molecule has 5 aromatic heterocycles. The molecule has 6 heterocycles. The van der Waals surface area contributed by atoms with Crippen LogP contribution in [0.1, 0.15) is 126 Å². The summed E-state index contributed by atoms with van der Waals surface area (Å²) >= 11 is 7.39. The number of anilines is 3. The molecule has 8 heteroatoms. The maximum Gasteiger partial charge on any atom is 0.142 e. The Balaban J connectivity index is 1.03. The van der Waals surface area contributed by atoms with Crippen molar-refractivity contribution in [2.45, 2.75) is 111 Å². The quantitative estimate of drug-likeness (QED) is 0.121. The third-order valence-electron chi connectivity index (χ3n) is 15.3. The SMILES string of the molecule is C/C(C#N)=C/c1cc2c(s1)c1sc(-c3sc(-c4ccc(N(c5ccc(C(C)(C)c6ccccc6)cc5)c5ccc(C(C)(C)c6ccccc6)cc5)s4)c4c3OCCC4)cc1n2-c1cc(C(C)(C)C)cc(C(C)(C)C)c1. The van der Waals surface area contributed by atoms with Gasteiger partial charge in [-0.3, -0.25) is 0 Å². The molecule has 0 aliphatic carbocycles. The molecule has 0 radical (unpaired) electrons. The third-order valence-corrected chi connectivity index (χ3v) is 20.3. The van der Waals surface area contributed by atoms with Gasteiger partial charge in [-0.15, -0.1) is 45.3 Å². The fraction of sp³-hybridized carbons (Fsp3) is 0.269. The molecule has 4 nitrogen and oxygen atoms in total. The second kappa shape index (κ2) is 19.3.